The molecule has 0 bridgehead atoms. The molecule has 0 saturated carbocycles. The Bertz CT molecular complexity index is 1000. The Hall–Kier alpha value is -3.34. The quantitative estimate of drug-likeness (QED) is 0.465. The standard InChI is InChI=1S/C20H17ClF4N2O5/c1-27(9-17(28)26-12-6-7-14(21)13(8-12)20(23,24)25)18(29)10-32-19(30)11-31-16-5-3-2-4-15(16)22/h2-8H,9-11H2,1H3,(H,26,28). The Morgan fingerprint density at radius 1 is 1.09 bits per heavy atom. The fourth-order valence-electron chi connectivity index (χ4n) is 2.32. The monoisotopic (exact) mass is 476 g/mol. The van der Waals surface area contributed by atoms with Crippen molar-refractivity contribution in [2.24, 2.45) is 0 Å². The average Bonchev–Trinajstić information content (AvgIpc) is 2.71. The van der Waals surface area contributed by atoms with Gasteiger partial charge in [0, 0.05) is 12.7 Å². The lowest BCUT2D eigenvalue weighted by Crippen LogP contribution is -2.37. The average molecular weight is 477 g/mol. The molecule has 0 heterocycles. The Balaban J connectivity index is 1.80. The molecule has 0 aromatic heterocycles. The van der Waals surface area contributed by atoms with E-state index in [-0.39, 0.29) is 11.4 Å². The molecule has 7 nitrogen and oxygen atoms in total. The minimum absolute atomic E-state index is 0.163. The van der Waals surface area contributed by atoms with Gasteiger partial charge in [0.1, 0.15) is 0 Å². The predicted octanol–water partition coefficient (Wildman–Crippen LogP) is 3.52. The number of hydrogen-bond acceptors (Lipinski definition) is 5. The molecule has 0 fully saturated rings. The van der Waals surface area contributed by atoms with Crippen molar-refractivity contribution in [2.75, 3.05) is 32.1 Å². The van der Waals surface area contributed by atoms with Crippen LogP contribution in [0.15, 0.2) is 42.5 Å². The van der Waals surface area contributed by atoms with Crippen molar-refractivity contribution in [2.45, 2.75) is 6.18 Å². The summed E-state index contributed by atoms with van der Waals surface area (Å²) in [6.45, 7) is -1.88. The largest absolute Gasteiger partial charge is 0.479 e. The number of ether oxygens (including phenoxy) is 2. The second kappa shape index (κ2) is 10.8. The number of nitrogens with zero attached hydrogens (tertiary/aromatic N) is 1. The van der Waals surface area contributed by atoms with Gasteiger partial charge in [-0.1, -0.05) is 23.7 Å². The van der Waals surface area contributed by atoms with Crippen LogP contribution in [0.3, 0.4) is 0 Å². The van der Waals surface area contributed by atoms with Gasteiger partial charge in [0.05, 0.1) is 17.1 Å². The van der Waals surface area contributed by atoms with E-state index in [9.17, 15) is 31.9 Å². The van der Waals surface area contributed by atoms with Crippen LogP contribution in [0.25, 0.3) is 0 Å². The van der Waals surface area contributed by atoms with Crippen LogP contribution in [0.5, 0.6) is 5.75 Å². The normalized spacial score (nSPS) is 10.9. The van der Waals surface area contributed by atoms with E-state index in [2.05, 4.69) is 5.32 Å². The predicted molar refractivity (Wildman–Crippen MR) is 106 cm³/mol. The van der Waals surface area contributed by atoms with Crippen LogP contribution in [0.4, 0.5) is 23.2 Å². The molecule has 0 aliphatic rings. The highest BCUT2D eigenvalue weighted by molar-refractivity contribution is 6.31. The van der Waals surface area contributed by atoms with Gasteiger partial charge in [-0.15, -0.1) is 0 Å². The molecular formula is C20H17ClF4N2O5. The Morgan fingerprint density at radius 3 is 2.44 bits per heavy atom. The van der Waals surface area contributed by atoms with E-state index in [4.69, 9.17) is 21.1 Å². The van der Waals surface area contributed by atoms with E-state index in [1.807, 2.05) is 0 Å². The van der Waals surface area contributed by atoms with Gasteiger partial charge in [-0.25, -0.2) is 9.18 Å². The first kappa shape index (κ1) is 24.9. The molecule has 0 aliphatic heterocycles. The lowest BCUT2D eigenvalue weighted by atomic mass is 10.2. The highest BCUT2D eigenvalue weighted by Crippen LogP contribution is 2.36. The Labute approximate surface area is 184 Å². The number of anilines is 1. The molecule has 0 spiro atoms. The van der Waals surface area contributed by atoms with Crippen LogP contribution in [-0.2, 0) is 25.3 Å². The van der Waals surface area contributed by atoms with E-state index in [0.717, 1.165) is 17.0 Å². The van der Waals surface area contributed by atoms with Gasteiger partial charge in [-0.2, -0.15) is 13.2 Å². The lowest BCUT2D eigenvalue weighted by Gasteiger charge is -2.17. The van der Waals surface area contributed by atoms with Crippen molar-refractivity contribution in [3.05, 3.63) is 58.9 Å². The first-order valence-corrected chi connectivity index (χ1v) is 9.28. The number of halogens is 5. The first-order valence-electron chi connectivity index (χ1n) is 8.91. The van der Waals surface area contributed by atoms with E-state index < -0.39 is 60.1 Å². The second-order valence-electron chi connectivity index (χ2n) is 6.37. The van der Waals surface area contributed by atoms with Crippen LogP contribution >= 0.6 is 11.6 Å². The fraction of sp³-hybridized carbons (Fsp3) is 0.250. The van der Waals surface area contributed by atoms with Crippen molar-refractivity contribution < 1.29 is 41.4 Å². The number of esters is 1. The number of nitrogens with one attached hydrogen (secondary N) is 1. The molecule has 172 valence electrons. The number of benzene rings is 2. The van der Waals surface area contributed by atoms with E-state index in [1.165, 1.54) is 31.3 Å². The third-order valence-corrected chi connectivity index (χ3v) is 4.23. The topological polar surface area (TPSA) is 84.9 Å². The number of alkyl halides is 3. The molecule has 1 N–H and O–H groups in total. The van der Waals surface area contributed by atoms with Gasteiger partial charge in [-0.05, 0) is 30.3 Å². The number of likely N-dealkylation sites (N-methyl/N-ethyl adjacent to an activating group) is 1. The molecule has 2 rings (SSSR count). The van der Waals surface area contributed by atoms with Crippen molar-refractivity contribution >= 4 is 35.1 Å². The molecule has 0 atom stereocenters. The minimum Gasteiger partial charge on any atom is -0.479 e. The number of carbonyl (C=O) groups is 3. The van der Waals surface area contributed by atoms with Gasteiger partial charge >= 0.3 is 12.1 Å². The van der Waals surface area contributed by atoms with Crippen LogP contribution < -0.4 is 10.1 Å². The first-order chi connectivity index (χ1) is 15.0. The van der Waals surface area contributed by atoms with Crippen molar-refractivity contribution in [1.29, 1.82) is 0 Å². The molecule has 0 radical (unpaired) electrons. The second-order valence-corrected chi connectivity index (χ2v) is 6.78. The van der Waals surface area contributed by atoms with E-state index in [1.54, 1.807) is 0 Å². The zero-order valence-corrected chi connectivity index (χ0v) is 17.3. The molecule has 32 heavy (non-hydrogen) atoms. The van der Waals surface area contributed by atoms with Gasteiger partial charge in [0.25, 0.3) is 5.91 Å². The summed E-state index contributed by atoms with van der Waals surface area (Å²) in [6, 6.07) is 8.21. The summed E-state index contributed by atoms with van der Waals surface area (Å²) >= 11 is 5.51. The van der Waals surface area contributed by atoms with Gasteiger partial charge < -0.3 is 19.7 Å². The number of para-hydroxylation sites is 1. The zero-order chi connectivity index (χ0) is 23.9. The van der Waals surface area contributed by atoms with Crippen molar-refractivity contribution in [1.82, 2.24) is 4.90 Å². The SMILES string of the molecule is CN(CC(=O)Nc1ccc(Cl)c(C(F)(F)F)c1)C(=O)COC(=O)COc1ccccc1F. The van der Waals surface area contributed by atoms with Gasteiger partial charge in [0.2, 0.25) is 5.91 Å². The van der Waals surface area contributed by atoms with Gasteiger partial charge in [0.15, 0.2) is 24.8 Å². The fourth-order valence-corrected chi connectivity index (χ4v) is 2.54. The van der Waals surface area contributed by atoms with Crippen LogP contribution in [0.2, 0.25) is 5.02 Å². The van der Waals surface area contributed by atoms with E-state index >= 15 is 0 Å². The molecule has 12 heteroatoms. The molecule has 0 saturated heterocycles. The van der Waals surface area contributed by atoms with Crippen LogP contribution in [0.1, 0.15) is 5.56 Å². The third-order valence-electron chi connectivity index (χ3n) is 3.90. The highest BCUT2D eigenvalue weighted by atomic mass is 35.5. The summed E-state index contributed by atoms with van der Waals surface area (Å²) in [5.41, 5.74) is -1.28. The summed E-state index contributed by atoms with van der Waals surface area (Å²) in [6.07, 6.45) is -4.70. The van der Waals surface area contributed by atoms with E-state index in [0.29, 0.717) is 6.07 Å². The van der Waals surface area contributed by atoms with Gasteiger partial charge in [-0.3, -0.25) is 9.59 Å². The number of rotatable bonds is 8. The highest BCUT2D eigenvalue weighted by Gasteiger charge is 2.33. The summed E-state index contributed by atoms with van der Waals surface area (Å²) in [5, 5.41) is 1.70. The maximum atomic E-state index is 13.4. The number of amides is 2. The summed E-state index contributed by atoms with van der Waals surface area (Å²) in [4.78, 5) is 36.6. The van der Waals surface area contributed by atoms with Crippen molar-refractivity contribution in [3.63, 3.8) is 0 Å². The number of carbonyl (C=O) groups excluding carboxylic acids is 3. The Kier molecular flexibility index (Phi) is 8.41. The van der Waals surface area contributed by atoms with Crippen LogP contribution in [-0.4, -0.2) is 49.5 Å². The molecule has 0 unspecified atom stereocenters. The lowest BCUT2D eigenvalue weighted by molar-refractivity contribution is -0.153. The molecule has 2 amide bonds. The summed E-state index contributed by atoms with van der Waals surface area (Å²) in [5.74, 6) is -3.33. The zero-order valence-electron chi connectivity index (χ0n) is 16.5. The molecular weight excluding hydrogens is 460 g/mol. The smallest absolute Gasteiger partial charge is 0.417 e. The summed E-state index contributed by atoms with van der Waals surface area (Å²) < 4.78 is 61.7. The number of hydrogen-bond donors (Lipinski definition) is 1. The van der Waals surface area contributed by atoms with Crippen LogP contribution in [0, 0.1) is 5.82 Å². The Morgan fingerprint density at radius 2 is 1.78 bits per heavy atom. The summed E-state index contributed by atoms with van der Waals surface area (Å²) in [7, 11) is 1.23. The molecule has 2 aromatic rings. The maximum Gasteiger partial charge on any atom is 0.417 e. The third kappa shape index (κ3) is 7.41. The minimum atomic E-state index is -4.70. The maximum absolute atomic E-state index is 13.4. The molecule has 0 aliphatic carbocycles. The molecule has 2 aromatic carbocycles. The van der Waals surface area contributed by atoms with Crippen molar-refractivity contribution in [3.8, 4) is 5.75 Å².